The molecule has 0 spiro atoms. The van der Waals surface area contributed by atoms with Gasteiger partial charge in [0.05, 0.1) is 6.54 Å². The Balaban J connectivity index is 1.63. The van der Waals surface area contributed by atoms with Gasteiger partial charge in [-0.05, 0) is 18.1 Å². The Bertz CT molecular complexity index is 629. The molecule has 0 aliphatic carbocycles. The van der Waals surface area contributed by atoms with Crippen molar-refractivity contribution in [3.05, 3.63) is 48.5 Å². The van der Waals surface area contributed by atoms with E-state index >= 15 is 0 Å². The lowest BCUT2D eigenvalue weighted by molar-refractivity contribution is 0.151. The quantitative estimate of drug-likeness (QED) is 0.728. The van der Waals surface area contributed by atoms with Crippen LogP contribution in [0.1, 0.15) is 38.2 Å². The zero-order chi connectivity index (χ0) is 16.8. The standard InChI is InChI=1S/C19H25N3O2/c1-2-3-4-7-11-21(19(23)22-12-10-20-15-22)14-17-13-16-8-5-6-9-18(16)24-17/h5-6,8-10,12,15,17H,2-4,7,11,13-14H2,1H3. The fourth-order valence-electron chi connectivity index (χ4n) is 3.13. The number of fused-ring (bicyclic) bond motifs is 1. The van der Waals surface area contributed by atoms with Crippen molar-refractivity contribution in [3.8, 4) is 5.75 Å². The van der Waals surface area contributed by atoms with Crippen molar-refractivity contribution in [3.63, 3.8) is 0 Å². The molecule has 5 heteroatoms. The van der Waals surface area contributed by atoms with Gasteiger partial charge in [0.15, 0.2) is 0 Å². The van der Waals surface area contributed by atoms with Gasteiger partial charge >= 0.3 is 6.03 Å². The van der Waals surface area contributed by atoms with Crippen LogP contribution in [-0.2, 0) is 6.42 Å². The molecule has 128 valence electrons. The largest absolute Gasteiger partial charge is 0.488 e. The van der Waals surface area contributed by atoms with E-state index in [0.717, 1.165) is 31.6 Å². The number of benzene rings is 1. The second kappa shape index (κ2) is 7.99. The summed E-state index contributed by atoms with van der Waals surface area (Å²) in [7, 11) is 0. The van der Waals surface area contributed by atoms with Crippen LogP contribution in [0.3, 0.4) is 0 Å². The molecule has 5 nitrogen and oxygen atoms in total. The van der Waals surface area contributed by atoms with Gasteiger partial charge in [0.25, 0.3) is 0 Å². The van der Waals surface area contributed by atoms with E-state index in [1.807, 2.05) is 23.1 Å². The Kier molecular flexibility index (Phi) is 5.51. The Morgan fingerprint density at radius 2 is 2.21 bits per heavy atom. The van der Waals surface area contributed by atoms with Gasteiger partial charge in [-0.1, -0.05) is 44.4 Å². The van der Waals surface area contributed by atoms with Gasteiger partial charge in [0.2, 0.25) is 0 Å². The summed E-state index contributed by atoms with van der Waals surface area (Å²) < 4.78 is 7.56. The van der Waals surface area contributed by atoms with Crippen LogP contribution in [0, 0.1) is 0 Å². The van der Waals surface area contributed by atoms with Crippen molar-refractivity contribution in [1.29, 1.82) is 0 Å². The summed E-state index contributed by atoms with van der Waals surface area (Å²) in [6, 6.07) is 8.09. The third-order valence-electron chi connectivity index (χ3n) is 4.42. The Labute approximate surface area is 143 Å². The second-order valence-corrected chi connectivity index (χ2v) is 6.31. The van der Waals surface area contributed by atoms with Crippen molar-refractivity contribution >= 4 is 6.03 Å². The molecule has 0 saturated carbocycles. The van der Waals surface area contributed by atoms with Gasteiger partial charge < -0.3 is 9.64 Å². The molecule has 1 atom stereocenters. The van der Waals surface area contributed by atoms with Crippen molar-refractivity contribution in [2.24, 2.45) is 0 Å². The zero-order valence-electron chi connectivity index (χ0n) is 14.2. The van der Waals surface area contributed by atoms with Gasteiger partial charge in [0.1, 0.15) is 18.2 Å². The molecule has 24 heavy (non-hydrogen) atoms. The number of hydrogen-bond donors (Lipinski definition) is 0. The smallest absolute Gasteiger partial charge is 0.329 e. The summed E-state index contributed by atoms with van der Waals surface area (Å²) in [4.78, 5) is 18.6. The fourth-order valence-corrected chi connectivity index (χ4v) is 3.13. The normalized spacial score (nSPS) is 15.8. The molecule has 1 aromatic heterocycles. The maximum absolute atomic E-state index is 12.7. The fraction of sp³-hybridized carbons (Fsp3) is 0.474. The predicted octanol–water partition coefficient (Wildman–Crippen LogP) is 3.74. The summed E-state index contributed by atoms with van der Waals surface area (Å²) in [6.45, 7) is 3.56. The molecule has 1 unspecified atom stereocenters. The number of carbonyl (C=O) groups excluding carboxylic acids is 1. The molecule has 0 fully saturated rings. The summed E-state index contributed by atoms with van der Waals surface area (Å²) in [5, 5.41) is 0. The highest BCUT2D eigenvalue weighted by atomic mass is 16.5. The molecular weight excluding hydrogens is 302 g/mol. The number of nitrogens with zero attached hydrogens (tertiary/aromatic N) is 3. The van der Waals surface area contributed by atoms with Gasteiger partial charge in [-0.3, -0.25) is 4.57 Å². The summed E-state index contributed by atoms with van der Waals surface area (Å²) >= 11 is 0. The highest BCUT2D eigenvalue weighted by molar-refractivity contribution is 5.76. The van der Waals surface area contributed by atoms with Crippen LogP contribution in [0.4, 0.5) is 4.79 Å². The molecule has 3 rings (SSSR count). The number of carbonyl (C=O) groups is 1. The van der Waals surface area contributed by atoms with Crippen molar-refractivity contribution in [2.75, 3.05) is 13.1 Å². The number of amides is 1. The monoisotopic (exact) mass is 327 g/mol. The van der Waals surface area contributed by atoms with E-state index in [1.165, 1.54) is 18.4 Å². The number of ether oxygens (including phenoxy) is 1. The molecule has 0 radical (unpaired) electrons. The van der Waals surface area contributed by atoms with Crippen LogP contribution in [-0.4, -0.2) is 39.7 Å². The third kappa shape index (κ3) is 3.96. The average molecular weight is 327 g/mol. The van der Waals surface area contributed by atoms with Gasteiger partial charge in [0, 0.05) is 25.4 Å². The summed E-state index contributed by atoms with van der Waals surface area (Å²) in [5.74, 6) is 0.948. The van der Waals surface area contributed by atoms with E-state index in [0.29, 0.717) is 6.54 Å². The first-order valence-corrected chi connectivity index (χ1v) is 8.79. The van der Waals surface area contributed by atoms with Crippen LogP contribution in [0.15, 0.2) is 43.0 Å². The Hall–Kier alpha value is -2.30. The third-order valence-corrected chi connectivity index (χ3v) is 4.42. The number of para-hydroxylation sites is 1. The summed E-state index contributed by atoms with van der Waals surface area (Å²) in [5.41, 5.74) is 1.23. The number of aromatic nitrogens is 2. The molecule has 2 aromatic rings. The number of unbranched alkanes of at least 4 members (excludes halogenated alkanes) is 3. The molecule has 0 saturated heterocycles. The Morgan fingerprint density at radius 1 is 1.33 bits per heavy atom. The first-order valence-electron chi connectivity index (χ1n) is 8.79. The molecular formula is C19H25N3O2. The molecule has 1 amide bonds. The molecule has 2 heterocycles. The van der Waals surface area contributed by atoms with E-state index in [2.05, 4.69) is 18.0 Å². The SMILES string of the molecule is CCCCCCN(CC1Cc2ccccc2O1)C(=O)n1ccnc1. The number of imidazole rings is 1. The highest BCUT2D eigenvalue weighted by Gasteiger charge is 2.26. The van der Waals surface area contributed by atoms with Crippen molar-refractivity contribution < 1.29 is 9.53 Å². The summed E-state index contributed by atoms with van der Waals surface area (Å²) in [6.07, 6.45) is 10.4. The van der Waals surface area contributed by atoms with Crippen LogP contribution in [0.2, 0.25) is 0 Å². The predicted molar refractivity (Wildman–Crippen MR) is 93.3 cm³/mol. The number of rotatable bonds is 7. The molecule has 0 N–H and O–H groups in total. The lowest BCUT2D eigenvalue weighted by Crippen LogP contribution is -2.41. The van der Waals surface area contributed by atoms with Gasteiger partial charge in [-0.25, -0.2) is 9.78 Å². The molecule has 1 aliphatic heterocycles. The Morgan fingerprint density at radius 3 is 2.96 bits per heavy atom. The maximum Gasteiger partial charge on any atom is 0.329 e. The van der Waals surface area contributed by atoms with Crippen LogP contribution < -0.4 is 4.74 Å². The molecule has 1 aliphatic rings. The minimum Gasteiger partial charge on any atom is -0.488 e. The number of hydrogen-bond acceptors (Lipinski definition) is 3. The lowest BCUT2D eigenvalue weighted by Gasteiger charge is -2.25. The maximum atomic E-state index is 12.7. The van der Waals surface area contributed by atoms with Crippen molar-refractivity contribution in [2.45, 2.75) is 45.1 Å². The van der Waals surface area contributed by atoms with Crippen LogP contribution in [0.5, 0.6) is 5.75 Å². The molecule has 1 aromatic carbocycles. The van der Waals surface area contributed by atoms with E-state index in [1.54, 1.807) is 23.3 Å². The zero-order valence-corrected chi connectivity index (χ0v) is 14.2. The first kappa shape index (κ1) is 16.6. The van der Waals surface area contributed by atoms with Crippen LogP contribution >= 0.6 is 0 Å². The van der Waals surface area contributed by atoms with E-state index < -0.39 is 0 Å². The van der Waals surface area contributed by atoms with E-state index in [9.17, 15) is 4.79 Å². The topological polar surface area (TPSA) is 47.4 Å². The molecule has 0 bridgehead atoms. The second-order valence-electron chi connectivity index (χ2n) is 6.31. The minimum atomic E-state index is -0.0245. The van der Waals surface area contributed by atoms with E-state index in [4.69, 9.17) is 4.74 Å². The first-order chi connectivity index (χ1) is 11.8. The minimum absolute atomic E-state index is 0.0245. The van der Waals surface area contributed by atoms with Crippen molar-refractivity contribution in [1.82, 2.24) is 14.5 Å². The lowest BCUT2D eigenvalue weighted by atomic mass is 10.1. The van der Waals surface area contributed by atoms with Crippen LogP contribution in [0.25, 0.3) is 0 Å². The average Bonchev–Trinajstić information content (AvgIpc) is 3.25. The highest BCUT2D eigenvalue weighted by Crippen LogP contribution is 2.28. The van der Waals surface area contributed by atoms with Gasteiger partial charge in [-0.2, -0.15) is 0 Å². The van der Waals surface area contributed by atoms with E-state index in [-0.39, 0.29) is 12.1 Å². The van der Waals surface area contributed by atoms with Gasteiger partial charge in [-0.15, -0.1) is 0 Å².